The van der Waals surface area contributed by atoms with Gasteiger partial charge in [-0.3, -0.25) is 14.4 Å². The zero-order valence-corrected chi connectivity index (χ0v) is 24.1. The highest BCUT2D eigenvalue weighted by Gasteiger charge is 2.20. The van der Waals surface area contributed by atoms with Gasteiger partial charge >= 0.3 is 0 Å². The number of nitrogens with zero attached hydrogens (tertiary/aromatic N) is 1. The maximum Gasteiger partial charge on any atom is 0.272 e. The molecule has 1 aromatic heterocycles. The monoisotopic (exact) mass is 570 g/mol. The third kappa shape index (κ3) is 8.14. The first kappa shape index (κ1) is 28.8. The summed E-state index contributed by atoms with van der Waals surface area (Å²) in [5.74, 6) is -0.966. The topological polar surface area (TPSA) is 100 Å². The molecule has 0 saturated carbocycles. The van der Waals surface area contributed by atoms with Crippen molar-refractivity contribution >= 4 is 57.7 Å². The van der Waals surface area contributed by atoms with Gasteiger partial charge in [-0.05, 0) is 62.2 Å². The number of hydrogen-bond acceptors (Lipinski definition) is 6. The largest absolute Gasteiger partial charge is 0.321 e. The molecule has 9 heteroatoms. The van der Waals surface area contributed by atoms with Crippen molar-refractivity contribution in [3.63, 3.8) is 0 Å². The molecule has 4 rings (SSSR count). The van der Waals surface area contributed by atoms with Gasteiger partial charge in [0, 0.05) is 21.5 Å². The van der Waals surface area contributed by atoms with Crippen LogP contribution in [0.3, 0.4) is 0 Å². The molecule has 204 valence electrons. The molecular weight excluding hydrogens is 541 g/mol. The molecule has 0 fully saturated rings. The second-order valence-corrected chi connectivity index (χ2v) is 11.2. The van der Waals surface area contributed by atoms with E-state index in [4.69, 9.17) is 0 Å². The fraction of sp³-hybridized carbons (Fsp3) is 0.161. The number of anilines is 2. The maximum absolute atomic E-state index is 13.4. The Bertz CT molecular complexity index is 1530. The number of amides is 3. The van der Waals surface area contributed by atoms with Crippen molar-refractivity contribution < 1.29 is 14.4 Å². The lowest BCUT2D eigenvalue weighted by Crippen LogP contribution is -2.30. The Morgan fingerprint density at radius 1 is 0.950 bits per heavy atom. The lowest BCUT2D eigenvalue weighted by Gasteiger charge is -2.15. The van der Waals surface area contributed by atoms with Crippen LogP contribution in [-0.2, 0) is 9.59 Å². The summed E-state index contributed by atoms with van der Waals surface area (Å²) in [5, 5.41) is 10.7. The zero-order valence-electron chi connectivity index (χ0n) is 22.4. The molecule has 0 aliphatic carbocycles. The molecule has 0 aliphatic rings. The highest BCUT2D eigenvalue weighted by Crippen LogP contribution is 2.29. The van der Waals surface area contributed by atoms with Gasteiger partial charge < -0.3 is 16.0 Å². The molecule has 0 aliphatic heterocycles. The first-order valence-electron chi connectivity index (χ1n) is 12.8. The maximum atomic E-state index is 13.4. The predicted octanol–water partition coefficient (Wildman–Crippen LogP) is 6.68. The number of benzene rings is 3. The van der Waals surface area contributed by atoms with Crippen LogP contribution in [0.15, 0.2) is 94.8 Å². The van der Waals surface area contributed by atoms with E-state index < -0.39 is 5.91 Å². The lowest BCUT2D eigenvalue weighted by molar-refractivity contribution is -0.116. The van der Waals surface area contributed by atoms with E-state index in [-0.39, 0.29) is 22.8 Å². The van der Waals surface area contributed by atoms with Gasteiger partial charge in [-0.1, -0.05) is 61.0 Å². The number of carbonyl (C=O) groups excluding carboxylic acids is 3. The molecule has 0 saturated heterocycles. The Balaban J connectivity index is 1.50. The van der Waals surface area contributed by atoms with Gasteiger partial charge in [-0.15, -0.1) is 23.1 Å². The molecule has 0 bridgehead atoms. The quantitative estimate of drug-likeness (QED) is 0.146. The summed E-state index contributed by atoms with van der Waals surface area (Å²) < 4.78 is 0. The highest BCUT2D eigenvalue weighted by atomic mass is 32.2. The Morgan fingerprint density at radius 2 is 1.73 bits per heavy atom. The van der Waals surface area contributed by atoms with Crippen molar-refractivity contribution in [2.45, 2.75) is 37.3 Å². The minimum atomic E-state index is -0.461. The fourth-order valence-electron chi connectivity index (χ4n) is 3.80. The number of aromatic nitrogens is 1. The Kier molecular flexibility index (Phi) is 9.88. The molecular formula is C31H30N4O3S2. The summed E-state index contributed by atoms with van der Waals surface area (Å²) in [6, 6.07) is 23.7. The van der Waals surface area contributed by atoms with E-state index >= 15 is 0 Å². The Labute approximate surface area is 242 Å². The average Bonchev–Trinajstić information content (AvgIpc) is 3.36. The van der Waals surface area contributed by atoms with Crippen LogP contribution in [0.25, 0.3) is 6.08 Å². The SMILES string of the molecule is CCC(Sc1cccc(NC(=O)/C(=C\c2cccc(C)c2)NC(=O)c2ccccc2)c1)C(=O)Nc1nc(C)cs1. The zero-order chi connectivity index (χ0) is 28.5. The van der Waals surface area contributed by atoms with Gasteiger partial charge in [0.25, 0.3) is 11.8 Å². The van der Waals surface area contributed by atoms with Crippen LogP contribution in [0.5, 0.6) is 0 Å². The van der Waals surface area contributed by atoms with Gasteiger partial charge in [0.15, 0.2) is 5.13 Å². The smallest absolute Gasteiger partial charge is 0.272 e. The van der Waals surface area contributed by atoms with Crippen LogP contribution in [0.4, 0.5) is 10.8 Å². The third-order valence-electron chi connectivity index (χ3n) is 5.76. The Morgan fingerprint density at radius 3 is 2.42 bits per heavy atom. The number of hydrogen-bond donors (Lipinski definition) is 3. The van der Waals surface area contributed by atoms with Gasteiger partial charge in [-0.25, -0.2) is 4.98 Å². The lowest BCUT2D eigenvalue weighted by atomic mass is 10.1. The van der Waals surface area contributed by atoms with Crippen LogP contribution in [0.1, 0.15) is 40.5 Å². The van der Waals surface area contributed by atoms with Crippen LogP contribution >= 0.6 is 23.1 Å². The molecule has 0 spiro atoms. The summed E-state index contributed by atoms with van der Waals surface area (Å²) in [6.45, 7) is 5.80. The van der Waals surface area contributed by atoms with Gasteiger partial charge in [0.05, 0.1) is 10.9 Å². The number of thiazole rings is 1. The van der Waals surface area contributed by atoms with E-state index in [9.17, 15) is 14.4 Å². The van der Waals surface area contributed by atoms with Crippen LogP contribution in [0, 0.1) is 13.8 Å². The number of aryl methyl sites for hydroxylation is 2. The molecule has 3 aromatic carbocycles. The number of thioether (sulfide) groups is 1. The van der Waals surface area contributed by atoms with Crippen LogP contribution < -0.4 is 16.0 Å². The minimum Gasteiger partial charge on any atom is -0.321 e. The summed E-state index contributed by atoms with van der Waals surface area (Å²) in [7, 11) is 0. The van der Waals surface area contributed by atoms with Crippen molar-refractivity contribution in [1.29, 1.82) is 0 Å². The van der Waals surface area contributed by atoms with E-state index in [1.807, 2.05) is 74.7 Å². The van der Waals surface area contributed by atoms with E-state index in [1.54, 1.807) is 36.4 Å². The fourth-order valence-corrected chi connectivity index (χ4v) is 5.50. The van der Waals surface area contributed by atoms with Crippen molar-refractivity contribution in [3.8, 4) is 0 Å². The molecule has 1 unspecified atom stereocenters. The summed E-state index contributed by atoms with van der Waals surface area (Å²) in [5.41, 5.74) is 3.79. The van der Waals surface area contributed by atoms with Crippen molar-refractivity contribution in [2.24, 2.45) is 0 Å². The first-order chi connectivity index (χ1) is 19.3. The van der Waals surface area contributed by atoms with Crippen molar-refractivity contribution in [2.75, 3.05) is 10.6 Å². The molecule has 3 amide bonds. The van der Waals surface area contributed by atoms with Gasteiger partial charge in [0.2, 0.25) is 5.91 Å². The number of carbonyl (C=O) groups is 3. The van der Waals surface area contributed by atoms with Crippen molar-refractivity contribution in [3.05, 3.63) is 112 Å². The third-order valence-corrected chi connectivity index (χ3v) is 8.00. The Hall–Kier alpha value is -4.21. The summed E-state index contributed by atoms with van der Waals surface area (Å²) >= 11 is 2.81. The van der Waals surface area contributed by atoms with E-state index in [1.165, 1.54) is 23.1 Å². The van der Waals surface area contributed by atoms with Crippen LogP contribution in [-0.4, -0.2) is 28.0 Å². The van der Waals surface area contributed by atoms with E-state index in [0.29, 0.717) is 22.8 Å². The van der Waals surface area contributed by atoms with Gasteiger partial charge in [0.1, 0.15) is 5.70 Å². The highest BCUT2D eigenvalue weighted by molar-refractivity contribution is 8.00. The number of nitrogens with one attached hydrogen (secondary N) is 3. The average molecular weight is 571 g/mol. The van der Waals surface area contributed by atoms with Gasteiger partial charge in [-0.2, -0.15) is 0 Å². The van der Waals surface area contributed by atoms with E-state index in [2.05, 4.69) is 20.9 Å². The molecule has 3 N–H and O–H groups in total. The number of rotatable bonds is 10. The molecule has 1 atom stereocenters. The molecule has 40 heavy (non-hydrogen) atoms. The van der Waals surface area contributed by atoms with E-state index in [0.717, 1.165) is 21.7 Å². The normalized spacial score (nSPS) is 11.9. The summed E-state index contributed by atoms with van der Waals surface area (Å²) in [6.07, 6.45) is 2.27. The van der Waals surface area contributed by atoms with Crippen molar-refractivity contribution in [1.82, 2.24) is 10.3 Å². The second kappa shape index (κ2) is 13.7. The predicted molar refractivity (Wildman–Crippen MR) is 164 cm³/mol. The summed E-state index contributed by atoms with van der Waals surface area (Å²) in [4.78, 5) is 44.3. The molecule has 0 radical (unpaired) electrons. The minimum absolute atomic E-state index is 0.113. The molecule has 4 aromatic rings. The standard InChI is InChI=1S/C31H30N4O3S2/c1-4-27(30(38)35-31-32-21(3)19-39-31)40-25-15-9-14-24(18-25)33-29(37)26(17-22-11-8-10-20(2)16-22)34-28(36)23-12-6-5-7-13-23/h5-19,27H,4H2,1-3H3,(H,33,37)(H,34,36)(H,32,35,38)/b26-17+. The second-order valence-electron chi connectivity index (χ2n) is 9.07. The first-order valence-corrected chi connectivity index (χ1v) is 14.5. The molecule has 7 nitrogen and oxygen atoms in total. The molecule has 1 heterocycles. The van der Waals surface area contributed by atoms with Crippen LogP contribution in [0.2, 0.25) is 0 Å².